The Morgan fingerprint density at radius 3 is 2.40 bits per heavy atom. The third kappa shape index (κ3) is 5.71. The van der Waals surface area contributed by atoms with E-state index in [-0.39, 0.29) is 11.8 Å². The highest BCUT2D eigenvalue weighted by atomic mass is 32.2. The number of rotatable bonds is 9. The van der Waals surface area contributed by atoms with Gasteiger partial charge in [0.05, 0.1) is 25.7 Å². The van der Waals surface area contributed by atoms with Gasteiger partial charge in [-0.3, -0.25) is 14.4 Å². The molecule has 2 aromatic heterocycles. The summed E-state index contributed by atoms with van der Waals surface area (Å²) in [5.74, 6) is 0.782. The number of hydrogen-bond acceptors (Lipinski definition) is 7. The van der Waals surface area contributed by atoms with Gasteiger partial charge in [0, 0.05) is 28.7 Å². The molecule has 1 saturated heterocycles. The maximum absolute atomic E-state index is 13.0. The zero-order valence-electron chi connectivity index (χ0n) is 20.5. The van der Waals surface area contributed by atoms with Crippen molar-refractivity contribution in [3.8, 4) is 17.6 Å². The van der Waals surface area contributed by atoms with Gasteiger partial charge in [-0.25, -0.2) is 4.21 Å². The van der Waals surface area contributed by atoms with E-state index in [1.807, 2.05) is 32.0 Å². The number of methoxy groups -OCH3 is 2. The van der Waals surface area contributed by atoms with Crippen molar-refractivity contribution in [2.75, 3.05) is 38.6 Å². The molecule has 1 unspecified atom stereocenters. The van der Waals surface area contributed by atoms with Gasteiger partial charge in [-0.15, -0.1) is 0 Å². The topological polar surface area (TPSA) is 98.6 Å². The van der Waals surface area contributed by atoms with Crippen molar-refractivity contribution in [3.63, 3.8) is 0 Å². The average Bonchev–Trinajstić information content (AvgIpc) is 3.18. The van der Waals surface area contributed by atoms with Crippen molar-refractivity contribution in [2.24, 2.45) is 0 Å². The number of hydrogen-bond donors (Lipinski definition) is 1. The van der Waals surface area contributed by atoms with Crippen molar-refractivity contribution < 1.29 is 18.5 Å². The molecular weight excluding hydrogens is 466 g/mol. The molecular formula is C25H31N5O4S. The Morgan fingerprint density at radius 1 is 1.03 bits per heavy atom. The summed E-state index contributed by atoms with van der Waals surface area (Å²) in [7, 11) is 1.38. The van der Waals surface area contributed by atoms with E-state index >= 15 is 0 Å². The van der Waals surface area contributed by atoms with Gasteiger partial charge in [0.1, 0.15) is 5.82 Å². The van der Waals surface area contributed by atoms with Crippen molar-refractivity contribution >= 4 is 22.6 Å². The number of carbonyl (C=O) groups excluding carboxylic acids is 1. The number of benzene rings is 1. The van der Waals surface area contributed by atoms with Crippen molar-refractivity contribution in [1.82, 2.24) is 19.4 Å². The first-order valence-corrected chi connectivity index (χ1v) is 12.7. The van der Waals surface area contributed by atoms with Crippen LogP contribution in [0, 0.1) is 13.8 Å². The number of ether oxygens (including phenoxy) is 2. The molecule has 0 radical (unpaired) electrons. The van der Waals surface area contributed by atoms with Gasteiger partial charge in [-0.1, -0.05) is 6.42 Å². The molecule has 1 N–H and O–H groups in total. The summed E-state index contributed by atoms with van der Waals surface area (Å²) in [4.78, 5) is 24.0. The third-order valence-electron chi connectivity index (χ3n) is 6.13. The maximum Gasteiger partial charge on any atom is 0.321 e. The average molecular weight is 498 g/mol. The van der Waals surface area contributed by atoms with Crippen LogP contribution in [0.4, 0.5) is 5.82 Å². The molecule has 1 aliphatic rings. The smallest absolute Gasteiger partial charge is 0.321 e. The van der Waals surface area contributed by atoms with Crippen LogP contribution in [0.25, 0.3) is 5.69 Å². The van der Waals surface area contributed by atoms with E-state index in [1.54, 1.807) is 18.2 Å². The molecule has 10 heteroatoms. The van der Waals surface area contributed by atoms with Crippen molar-refractivity contribution in [3.05, 3.63) is 53.3 Å². The van der Waals surface area contributed by atoms with Crippen LogP contribution in [0.15, 0.2) is 41.3 Å². The largest absolute Gasteiger partial charge is 0.481 e. The Kier molecular flexibility index (Phi) is 7.82. The fourth-order valence-corrected chi connectivity index (χ4v) is 5.17. The minimum atomic E-state index is -1.56. The van der Waals surface area contributed by atoms with Crippen molar-refractivity contribution in [2.45, 2.75) is 38.0 Å². The minimum absolute atomic E-state index is 0.114. The zero-order valence-corrected chi connectivity index (χ0v) is 21.4. The number of anilines is 1. The Balaban J connectivity index is 1.50. The van der Waals surface area contributed by atoms with Crippen LogP contribution in [0.2, 0.25) is 0 Å². The molecule has 0 saturated carbocycles. The number of Topliss-reactive ketones (excluding diaryl/α,β-unsaturated/α-hetero) is 1. The number of ketones is 1. The van der Waals surface area contributed by atoms with Gasteiger partial charge >= 0.3 is 6.01 Å². The van der Waals surface area contributed by atoms with E-state index in [2.05, 4.69) is 24.2 Å². The molecule has 35 heavy (non-hydrogen) atoms. The summed E-state index contributed by atoms with van der Waals surface area (Å²) in [5, 5.41) is 0. The predicted molar refractivity (Wildman–Crippen MR) is 135 cm³/mol. The van der Waals surface area contributed by atoms with Gasteiger partial charge in [0.25, 0.3) is 0 Å². The summed E-state index contributed by atoms with van der Waals surface area (Å²) in [6.07, 6.45) is 3.57. The number of aromatic nitrogens is 3. The fourth-order valence-electron chi connectivity index (χ4n) is 4.37. The van der Waals surface area contributed by atoms with Crippen LogP contribution in [0.1, 0.15) is 41.0 Å². The summed E-state index contributed by atoms with van der Waals surface area (Å²) in [6.45, 7) is 6.41. The van der Waals surface area contributed by atoms with Gasteiger partial charge in [0.2, 0.25) is 5.88 Å². The first-order valence-electron chi connectivity index (χ1n) is 11.6. The van der Waals surface area contributed by atoms with E-state index in [9.17, 15) is 9.00 Å². The normalized spacial score (nSPS) is 15.0. The van der Waals surface area contributed by atoms with Crippen LogP contribution in [-0.4, -0.2) is 63.3 Å². The van der Waals surface area contributed by atoms with Crippen LogP contribution >= 0.6 is 0 Å². The Labute approximate surface area is 208 Å². The lowest BCUT2D eigenvalue weighted by Crippen LogP contribution is -2.34. The molecule has 3 heterocycles. The first-order chi connectivity index (χ1) is 16.9. The number of piperidine rings is 1. The number of aryl methyl sites for hydroxylation is 1. The monoisotopic (exact) mass is 497 g/mol. The van der Waals surface area contributed by atoms with Crippen molar-refractivity contribution in [1.29, 1.82) is 0 Å². The van der Waals surface area contributed by atoms with E-state index in [1.165, 1.54) is 20.6 Å². The molecule has 0 amide bonds. The number of nitrogens with one attached hydrogen (secondary N) is 1. The molecule has 0 aliphatic carbocycles. The number of likely N-dealkylation sites (tertiary alicyclic amines) is 1. The minimum Gasteiger partial charge on any atom is -0.481 e. The highest BCUT2D eigenvalue weighted by Gasteiger charge is 2.20. The molecule has 1 atom stereocenters. The number of carbonyl (C=O) groups is 1. The standard InChI is InChI=1S/C25H31N5O4S/c1-17-14-21(22(31)16-29-12-6-5-7-13-29)18(2)30(17)19-8-10-20(11-9-19)35(32)28-23-15-24(33-3)27-25(26-23)34-4/h8-11,14-15H,5-7,12-13,16H2,1-4H3,(H,26,27,28). The zero-order chi connectivity index (χ0) is 24.9. The first kappa shape index (κ1) is 24.9. The lowest BCUT2D eigenvalue weighted by atomic mass is 10.1. The second-order valence-electron chi connectivity index (χ2n) is 8.53. The highest BCUT2D eigenvalue weighted by molar-refractivity contribution is 7.86. The quantitative estimate of drug-likeness (QED) is 0.450. The Bertz CT molecular complexity index is 1200. The van der Waals surface area contributed by atoms with E-state index in [0.717, 1.165) is 48.6 Å². The highest BCUT2D eigenvalue weighted by Crippen LogP contribution is 2.24. The van der Waals surface area contributed by atoms with Gasteiger partial charge in [-0.2, -0.15) is 9.97 Å². The lowest BCUT2D eigenvalue weighted by molar-refractivity contribution is 0.0915. The summed E-state index contributed by atoms with van der Waals surface area (Å²) >= 11 is 0. The third-order valence-corrected chi connectivity index (χ3v) is 7.22. The molecule has 0 bridgehead atoms. The van der Waals surface area contributed by atoms with Gasteiger partial charge in [0.15, 0.2) is 16.8 Å². The van der Waals surface area contributed by atoms with Crippen LogP contribution in [-0.2, 0) is 11.0 Å². The molecule has 4 rings (SSSR count). The van der Waals surface area contributed by atoms with Gasteiger partial charge in [-0.05, 0) is 70.1 Å². The van der Waals surface area contributed by atoms with Gasteiger partial charge < -0.3 is 14.0 Å². The fraction of sp³-hybridized carbons (Fsp3) is 0.400. The van der Waals surface area contributed by atoms with Crippen LogP contribution in [0.3, 0.4) is 0 Å². The molecule has 9 nitrogen and oxygen atoms in total. The van der Waals surface area contributed by atoms with E-state index < -0.39 is 11.0 Å². The number of nitrogens with zero attached hydrogens (tertiary/aromatic N) is 4. The summed E-state index contributed by atoms with van der Waals surface area (Å²) in [5.41, 5.74) is 3.56. The molecule has 0 spiro atoms. The Morgan fingerprint density at radius 2 is 1.74 bits per heavy atom. The lowest BCUT2D eigenvalue weighted by Gasteiger charge is -2.25. The summed E-state index contributed by atoms with van der Waals surface area (Å²) in [6, 6.07) is 11.0. The van der Waals surface area contributed by atoms with Crippen LogP contribution < -0.4 is 14.2 Å². The Hall–Kier alpha value is -3.24. The molecule has 1 aromatic carbocycles. The van der Waals surface area contributed by atoms with E-state index in [4.69, 9.17) is 9.47 Å². The molecule has 1 fully saturated rings. The maximum atomic E-state index is 13.0. The SMILES string of the molecule is COc1cc(NS(=O)c2ccc(-n3c(C)cc(C(=O)CN4CCCCC4)c3C)cc2)nc(OC)n1. The second-order valence-corrected chi connectivity index (χ2v) is 9.74. The molecule has 186 valence electrons. The van der Waals surface area contributed by atoms with Crippen LogP contribution in [0.5, 0.6) is 11.9 Å². The molecule has 3 aromatic rings. The second kappa shape index (κ2) is 11.0. The molecule has 1 aliphatic heterocycles. The predicted octanol–water partition coefficient (Wildman–Crippen LogP) is 3.70. The van der Waals surface area contributed by atoms with E-state index in [0.29, 0.717) is 23.1 Å². The summed E-state index contributed by atoms with van der Waals surface area (Å²) < 4.78 is 28.0.